The second-order valence-corrected chi connectivity index (χ2v) is 7.04. The largest absolute Gasteiger partial charge is 0.492 e. The number of amides is 1. The average Bonchev–Trinajstić information content (AvgIpc) is 3.36. The number of benzene rings is 2. The number of carbonyl (C=O) groups is 1. The second kappa shape index (κ2) is 10.1. The first-order valence-electron chi connectivity index (χ1n) is 10.6. The van der Waals surface area contributed by atoms with Gasteiger partial charge in [-0.3, -0.25) is 4.79 Å². The van der Waals surface area contributed by atoms with Gasteiger partial charge in [0.25, 0.3) is 5.91 Å². The van der Waals surface area contributed by atoms with Gasteiger partial charge in [-0.25, -0.2) is 4.68 Å². The molecule has 10 nitrogen and oxygen atoms in total. The Morgan fingerprint density at radius 3 is 2.44 bits per heavy atom. The van der Waals surface area contributed by atoms with Crippen LogP contribution in [-0.4, -0.2) is 65.6 Å². The molecular formula is C22H26N6O4. The van der Waals surface area contributed by atoms with E-state index in [1.54, 1.807) is 24.3 Å². The van der Waals surface area contributed by atoms with Gasteiger partial charge < -0.3 is 24.4 Å². The van der Waals surface area contributed by atoms with E-state index in [4.69, 9.17) is 14.2 Å². The van der Waals surface area contributed by atoms with Crippen molar-refractivity contribution in [2.45, 2.75) is 13.8 Å². The lowest BCUT2D eigenvalue weighted by Crippen LogP contribution is -2.36. The van der Waals surface area contributed by atoms with E-state index in [0.29, 0.717) is 49.2 Å². The summed E-state index contributed by atoms with van der Waals surface area (Å²) >= 11 is 0. The van der Waals surface area contributed by atoms with Gasteiger partial charge >= 0.3 is 0 Å². The third-order valence-electron chi connectivity index (χ3n) is 5.00. The normalized spacial score (nSPS) is 13.6. The molecule has 4 rings (SSSR count). The monoisotopic (exact) mass is 438 g/mol. The molecule has 1 aromatic heterocycles. The van der Waals surface area contributed by atoms with Gasteiger partial charge in [-0.2, -0.15) is 0 Å². The summed E-state index contributed by atoms with van der Waals surface area (Å²) in [6, 6.07) is 10.8. The zero-order valence-corrected chi connectivity index (χ0v) is 18.2. The van der Waals surface area contributed by atoms with Crippen LogP contribution in [0.2, 0.25) is 0 Å². The molecule has 1 saturated heterocycles. The van der Waals surface area contributed by atoms with Crippen LogP contribution in [0.4, 0.5) is 11.4 Å². The third-order valence-corrected chi connectivity index (χ3v) is 5.00. The minimum absolute atomic E-state index is 0.254. The number of hydrogen-bond donors (Lipinski definition) is 1. The number of carbonyl (C=O) groups excluding carboxylic acids is 1. The SMILES string of the molecule is CCOc1cc(N2CCOCC2)c(OCC)cc1NC(=O)c1ccc(-n2cnnn2)cc1. The minimum atomic E-state index is -0.254. The van der Waals surface area contributed by atoms with Crippen LogP contribution in [0.25, 0.3) is 5.69 Å². The maximum absolute atomic E-state index is 12.9. The summed E-state index contributed by atoms with van der Waals surface area (Å²) in [7, 11) is 0. The number of morpholine rings is 1. The summed E-state index contributed by atoms with van der Waals surface area (Å²) in [5.41, 5.74) is 2.75. The molecule has 0 saturated carbocycles. The maximum Gasteiger partial charge on any atom is 0.255 e. The molecule has 0 atom stereocenters. The van der Waals surface area contributed by atoms with Crippen LogP contribution >= 0.6 is 0 Å². The predicted octanol–water partition coefficient (Wildman–Crippen LogP) is 2.55. The maximum atomic E-state index is 12.9. The Hall–Kier alpha value is -3.66. The van der Waals surface area contributed by atoms with Crippen molar-refractivity contribution in [2.24, 2.45) is 0 Å². The third kappa shape index (κ3) is 4.80. The fourth-order valence-corrected chi connectivity index (χ4v) is 3.48. The van der Waals surface area contributed by atoms with Crippen molar-refractivity contribution < 1.29 is 19.0 Å². The summed E-state index contributed by atoms with van der Waals surface area (Å²) in [6.45, 7) is 7.69. The molecule has 2 heterocycles. The van der Waals surface area contributed by atoms with Gasteiger partial charge in [0.15, 0.2) is 0 Å². The molecule has 1 aliphatic rings. The summed E-state index contributed by atoms with van der Waals surface area (Å²) in [6.07, 6.45) is 1.49. The Morgan fingerprint density at radius 2 is 1.78 bits per heavy atom. The summed E-state index contributed by atoms with van der Waals surface area (Å²) < 4.78 is 18.7. The van der Waals surface area contributed by atoms with E-state index >= 15 is 0 Å². The molecule has 1 amide bonds. The van der Waals surface area contributed by atoms with Gasteiger partial charge in [-0.05, 0) is 48.5 Å². The zero-order chi connectivity index (χ0) is 22.3. The van der Waals surface area contributed by atoms with E-state index in [1.165, 1.54) is 11.0 Å². The molecule has 2 aromatic carbocycles. The van der Waals surface area contributed by atoms with Crippen LogP contribution in [0.1, 0.15) is 24.2 Å². The smallest absolute Gasteiger partial charge is 0.255 e. The highest BCUT2D eigenvalue weighted by Crippen LogP contribution is 2.39. The topological polar surface area (TPSA) is 104 Å². The van der Waals surface area contributed by atoms with Gasteiger partial charge in [-0.15, -0.1) is 5.10 Å². The number of anilines is 2. The van der Waals surface area contributed by atoms with Crippen LogP contribution in [-0.2, 0) is 4.74 Å². The second-order valence-electron chi connectivity index (χ2n) is 7.04. The molecule has 0 unspecified atom stereocenters. The summed E-state index contributed by atoms with van der Waals surface area (Å²) in [5, 5.41) is 14.0. The molecule has 1 fully saturated rings. The molecule has 0 radical (unpaired) electrons. The van der Waals surface area contributed by atoms with Gasteiger partial charge in [0, 0.05) is 30.8 Å². The van der Waals surface area contributed by atoms with Gasteiger partial charge in [0.1, 0.15) is 17.8 Å². The van der Waals surface area contributed by atoms with Crippen LogP contribution in [0.3, 0.4) is 0 Å². The Morgan fingerprint density at radius 1 is 1.06 bits per heavy atom. The molecule has 3 aromatic rings. The highest BCUT2D eigenvalue weighted by atomic mass is 16.5. The number of hydrogen-bond acceptors (Lipinski definition) is 8. The lowest BCUT2D eigenvalue weighted by Gasteiger charge is -2.31. The van der Waals surface area contributed by atoms with Crippen molar-refractivity contribution in [1.29, 1.82) is 0 Å². The van der Waals surface area contributed by atoms with E-state index in [1.807, 2.05) is 26.0 Å². The quantitative estimate of drug-likeness (QED) is 0.572. The number of ether oxygens (including phenoxy) is 3. The van der Waals surface area contributed by atoms with E-state index in [-0.39, 0.29) is 5.91 Å². The number of rotatable bonds is 8. The van der Waals surface area contributed by atoms with Crippen LogP contribution in [0.15, 0.2) is 42.7 Å². The van der Waals surface area contributed by atoms with Crippen molar-refractivity contribution in [3.63, 3.8) is 0 Å². The molecule has 1 aliphatic heterocycles. The number of nitrogens with zero attached hydrogens (tertiary/aromatic N) is 5. The molecular weight excluding hydrogens is 412 g/mol. The van der Waals surface area contributed by atoms with E-state index < -0.39 is 0 Å². The standard InChI is InChI=1S/C22H26N6O4/c1-3-31-20-14-19(27-9-11-30-12-10-27)21(32-4-2)13-18(20)24-22(29)16-5-7-17(8-6-16)28-15-23-25-26-28/h5-8,13-15H,3-4,9-12H2,1-2H3,(H,24,29). The van der Waals surface area contributed by atoms with Crippen molar-refractivity contribution in [3.05, 3.63) is 48.3 Å². The Labute approximate surface area is 186 Å². The van der Waals surface area contributed by atoms with Gasteiger partial charge in [-0.1, -0.05) is 0 Å². The summed E-state index contributed by atoms with van der Waals surface area (Å²) in [4.78, 5) is 15.2. The molecule has 0 bridgehead atoms. The lowest BCUT2D eigenvalue weighted by molar-refractivity contribution is 0.102. The molecule has 0 aliphatic carbocycles. The van der Waals surface area contributed by atoms with E-state index in [0.717, 1.165) is 24.5 Å². The lowest BCUT2D eigenvalue weighted by atomic mass is 10.1. The highest BCUT2D eigenvalue weighted by Gasteiger charge is 2.20. The Kier molecular flexibility index (Phi) is 6.81. The van der Waals surface area contributed by atoms with Gasteiger partial charge in [0.2, 0.25) is 0 Å². The number of tetrazole rings is 1. The highest BCUT2D eigenvalue weighted by molar-refractivity contribution is 6.05. The van der Waals surface area contributed by atoms with Gasteiger partial charge in [0.05, 0.1) is 43.5 Å². The van der Waals surface area contributed by atoms with E-state index in [2.05, 4.69) is 25.7 Å². The first-order valence-corrected chi connectivity index (χ1v) is 10.6. The average molecular weight is 438 g/mol. The molecule has 168 valence electrons. The first kappa shape index (κ1) is 21.6. The Bertz CT molecular complexity index is 1030. The first-order chi connectivity index (χ1) is 15.7. The number of aromatic nitrogens is 4. The molecule has 10 heteroatoms. The van der Waals surface area contributed by atoms with Crippen LogP contribution in [0, 0.1) is 0 Å². The molecule has 1 N–H and O–H groups in total. The summed E-state index contributed by atoms with van der Waals surface area (Å²) in [5.74, 6) is 1.04. The van der Waals surface area contributed by atoms with Crippen LogP contribution < -0.4 is 19.7 Å². The minimum Gasteiger partial charge on any atom is -0.492 e. The fourth-order valence-electron chi connectivity index (χ4n) is 3.48. The van der Waals surface area contributed by atoms with Crippen LogP contribution in [0.5, 0.6) is 11.5 Å². The number of nitrogens with one attached hydrogen (secondary N) is 1. The molecule has 32 heavy (non-hydrogen) atoms. The Balaban J connectivity index is 1.59. The molecule has 0 spiro atoms. The van der Waals surface area contributed by atoms with Crippen molar-refractivity contribution in [1.82, 2.24) is 20.2 Å². The van der Waals surface area contributed by atoms with E-state index in [9.17, 15) is 4.79 Å². The van der Waals surface area contributed by atoms with Crippen molar-refractivity contribution >= 4 is 17.3 Å². The predicted molar refractivity (Wildman–Crippen MR) is 119 cm³/mol. The zero-order valence-electron chi connectivity index (χ0n) is 18.2. The van der Waals surface area contributed by atoms with Crippen molar-refractivity contribution in [3.8, 4) is 17.2 Å². The fraction of sp³-hybridized carbons (Fsp3) is 0.364. The van der Waals surface area contributed by atoms with Crippen molar-refractivity contribution in [2.75, 3.05) is 49.7 Å².